The second-order valence-electron chi connectivity index (χ2n) is 14.0. The van der Waals surface area contributed by atoms with Crippen molar-refractivity contribution in [2.45, 2.75) is 5.41 Å². The van der Waals surface area contributed by atoms with Crippen molar-refractivity contribution in [1.82, 2.24) is 9.13 Å². The van der Waals surface area contributed by atoms with E-state index in [4.69, 9.17) is 0 Å². The monoisotopic (exact) mass is 660 g/mol. The Morgan fingerprint density at radius 2 is 1.08 bits per heavy atom. The molecule has 4 heteroatoms. The maximum Gasteiger partial charge on any atom is 0.0991 e. The van der Waals surface area contributed by atoms with Crippen molar-refractivity contribution in [3.63, 3.8) is 0 Å². The standard InChI is InChI=1S/C48H28N4/c1-51-22-21-39-44(51)20-19-38-37-11-6-13-41-47(37)52(46(38)39)45-14-3-2-12-40(45)48(41)42-25-33(31-9-4-7-29(23-31)27-49)15-17-35(42)36-18-16-34(26-43(36)48)32-10-5-8-30(24-32)28-50/h2-26H,1H3. The van der Waals surface area contributed by atoms with Crippen molar-refractivity contribution in [3.8, 4) is 51.2 Å². The molecule has 0 saturated heterocycles. The van der Waals surface area contributed by atoms with Crippen LogP contribution in [0, 0.1) is 22.7 Å². The number of nitrogens with zero attached hydrogens (tertiary/aromatic N) is 4. The van der Waals surface area contributed by atoms with Gasteiger partial charge in [-0.15, -0.1) is 0 Å². The van der Waals surface area contributed by atoms with E-state index in [1.807, 2.05) is 36.4 Å². The minimum Gasteiger partial charge on any atom is -0.350 e. The molecule has 1 aliphatic heterocycles. The fourth-order valence-electron chi connectivity index (χ4n) is 9.38. The SMILES string of the molecule is Cn1ccc2c1ccc1c3cccc4c3n(c12)-c1ccccc1C41c2cc(-c3cccc(C#N)c3)ccc2-c2ccc(-c3cccc(C#N)c3)cc21. The quantitative estimate of drug-likeness (QED) is 0.185. The molecule has 0 atom stereocenters. The summed E-state index contributed by atoms with van der Waals surface area (Å²) in [6, 6.07) is 56.7. The first-order valence-electron chi connectivity index (χ1n) is 17.5. The molecule has 0 N–H and O–H groups in total. The Labute approximate surface area is 300 Å². The summed E-state index contributed by atoms with van der Waals surface area (Å²) in [5.74, 6) is 0. The Balaban J connectivity index is 1.32. The molecule has 0 radical (unpaired) electrons. The highest BCUT2D eigenvalue weighted by molar-refractivity contribution is 6.20. The van der Waals surface area contributed by atoms with Crippen molar-refractivity contribution in [2.75, 3.05) is 0 Å². The van der Waals surface area contributed by atoms with E-state index in [9.17, 15) is 10.5 Å². The first-order valence-corrected chi connectivity index (χ1v) is 17.5. The van der Waals surface area contributed by atoms with Gasteiger partial charge in [0.15, 0.2) is 0 Å². The van der Waals surface area contributed by atoms with Gasteiger partial charge < -0.3 is 9.13 Å². The lowest BCUT2D eigenvalue weighted by molar-refractivity contribution is 0.749. The number of hydrogen-bond donors (Lipinski definition) is 0. The van der Waals surface area contributed by atoms with Gasteiger partial charge >= 0.3 is 0 Å². The van der Waals surface area contributed by atoms with E-state index in [0.717, 1.165) is 22.3 Å². The summed E-state index contributed by atoms with van der Waals surface area (Å²) in [6.45, 7) is 0. The van der Waals surface area contributed by atoms with Gasteiger partial charge in [-0.1, -0.05) is 91.0 Å². The molecule has 2 aromatic heterocycles. The second kappa shape index (κ2) is 10.2. The minimum atomic E-state index is -0.646. The first-order chi connectivity index (χ1) is 25.6. The molecule has 0 unspecified atom stereocenters. The maximum atomic E-state index is 9.78. The number of nitriles is 2. The van der Waals surface area contributed by atoms with Crippen LogP contribution in [0.3, 0.4) is 0 Å². The van der Waals surface area contributed by atoms with Crippen LogP contribution in [0.25, 0.3) is 71.8 Å². The van der Waals surface area contributed by atoms with Crippen molar-refractivity contribution in [3.05, 3.63) is 185 Å². The van der Waals surface area contributed by atoms with Gasteiger partial charge in [0.1, 0.15) is 0 Å². The number of aryl methyl sites for hydroxylation is 1. The van der Waals surface area contributed by atoms with Crippen LogP contribution in [-0.4, -0.2) is 9.13 Å². The Morgan fingerprint density at radius 3 is 1.75 bits per heavy atom. The van der Waals surface area contributed by atoms with E-state index < -0.39 is 5.41 Å². The molecule has 0 bridgehead atoms. The largest absolute Gasteiger partial charge is 0.350 e. The Hall–Kier alpha value is -7.14. The lowest BCUT2D eigenvalue weighted by Crippen LogP contribution is -2.33. The van der Waals surface area contributed by atoms with E-state index in [2.05, 4.69) is 144 Å². The van der Waals surface area contributed by atoms with Crippen molar-refractivity contribution >= 4 is 32.7 Å². The molecule has 52 heavy (non-hydrogen) atoms. The summed E-state index contributed by atoms with van der Waals surface area (Å²) in [7, 11) is 2.11. The first kappa shape index (κ1) is 28.7. The molecule has 1 aliphatic carbocycles. The fourth-order valence-corrected chi connectivity index (χ4v) is 9.38. The van der Waals surface area contributed by atoms with E-state index in [0.29, 0.717) is 11.1 Å². The molecule has 4 nitrogen and oxygen atoms in total. The fraction of sp³-hybridized carbons (Fsp3) is 0.0417. The normalized spacial score (nSPS) is 13.2. The van der Waals surface area contributed by atoms with Gasteiger partial charge in [-0.2, -0.15) is 10.5 Å². The lowest BCUT2D eigenvalue weighted by Gasteiger charge is -2.40. The third-order valence-corrected chi connectivity index (χ3v) is 11.6. The maximum absolute atomic E-state index is 9.78. The van der Waals surface area contributed by atoms with Crippen LogP contribution >= 0.6 is 0 Å². The summed E-state index contributed by atoms with van der Waals surface area (Å²) in [6.07, 6.45) is 2.15. The van der Waals surface area contributed by atoms with E-state index in [-0.39, 0.29) is 0 Å². The zero-order valence-electron chi connectivity index (χ0n) is 28.2. The topological polar surface area (TPSA) is 57.4 Å². The van der Waals surface area contributed by atoms with Gasteiger partial charge in [0.2, 0.25) is 0 Å². The average Bonchev–Trinajstić information content (AvgIpc) is 3.85. The van der Waals surface area contributed by atoms with E-state index in [1.165, 1.54) is 71.8 Å². The van der Waals surface area contributed by atoms with Crippen LogP contribution in [-0.2, 0) is 12.5 Å². The molecular formula is C48H28N4. The molecule has 11 rings (SSSR count). The predicted octanol–water partition coefficient (Wildman–Crippen LogP) is 11.0. The molecular weight excluding hydrogens is 633 g/mol. The van der Waals surface area contributed by atoms with Crippen LogP contribution in [0.4, 0.5) is 0 Å². The Bertz CT molecular complexity index is 3010. The third kappa shape index (κ3) is 3.53. The van der Waals surface area contributed by atoms with Crippen LogP contribution in [0.1, 0.15) is 33.4 Å². The highest BCUT2D eigenvalue weighted by Crippen LogP contribution is 2.62. The van der Waals surface area contributed by atoms with Crippen LogP contribution in [0.2, 0.25) is 0 Å². The smallest absolute Gasteiger partial charge is 0.0991 e. The van der Waals surface area contributed by atoms with Crippen LogP contribution in [0.5, 0.6) is 0 Å². The second-order valence-corrected chi connectivity index (χ2v) is 14.0. The zero-order chi connectivity index (χ0) is 34.7. The Morgan fingerprint density at radius 1 is 0.481 bits per heavy atom. The number of para-hydroxylation sites is 2. The van der Waals surface area contributed by atoms with Crippen molar-refractivity contribution < 1.29 is 0 Å². The zero-order valence-corrected chi connectivity index (χ0v) is 28.2. The van der Waals surface area contributed by atoms with Gasteiger partial charge in [0, 0.05) is 34.9 Å². The predicted molar refractivity (Wildman–Crippen MR) is 208 cm³/mol. The molecule has 0 fully saturated rings. The van der Waals surface area contributed by atoms with Gasteiger partial charge in [-0.05, 0) is 110 Å². The van der Waals surface area contributed by atoms with E-state index >= 15 is 0 Å². The summed E-state index contributed by atoms with van der Waals surface area (Å²) in [5.41, 5.74) is 17.0. The highest BCUT2D eigenvalue weighted by Gasteiger charge is 2.51. The minimum absolute atomic E-state index is 0.643. The van der Waals surface area contributed by atoms with Gasteiger partial charge in [0.25, 0.3) is 0 Å². The van der Waals surface area contributed by atoms with Crippen molar-refractivity contribution in [1.29, 1.82) is 10.5 Å². The van der Waals surface area contributed by atoms with Crippen molar-refractivity contribution in [2.24, 2.45) is 7.05 Å². The molecule has 0 saturated carbocycles. The van der Waals surface area contributed by atoms with E-state index in [1.54, 1.807) is 0 Å². The highest BCUT2D eigenvalue weighted by atomic mass is 15.0. The number of fused-ring (bicyclic) bond motifs is 14. The number of rotatable bonds is 2. The lowest BCUT2D eigenvalue weighted by atomic mass is 9.65. The molecule has 1 spiro atoms. The Kier molecular flexibility index (Phi) is 5.63. The molecule has 3 heterocycles. The number of benzene rings is 7. The van der Waals surface area contributed by atoms with Crippen LogP contribution in [0.15, 0.2) is 152 Å². The third-order valence-electron chi connectivity index (χ3n) is 11.6. The number of hydrogen-bond acceptors (Lipinski definition) is 2. The summed E-state index contributed by atoms with van der Waals surface area (Å²) < 4.78 is 4.72. The van der Waals surface area contributed by atoms with Gasteiger partial charge in [0.05, 0.1) is 45.4 Å². The molecule has 0 amide bonds. The number of aromatic nitrogens is 2. The molecule has 9 aromatic rings. The van der Waals surface area contributed by atoms with Gasteiger partial charge in [-0.25, -0.2) is 0 Å². The summed E-state index contributed by atoms with van der Waals surface area (Å²) >= 11 is 0. The van der Waals surface area contributed by atoms with Gasteiger partial charge in [-0.3, -0.25) is 0 Å². The summed E-state index contributed by atoms with van der Waals surface area (Å²) in [4.78, 5) is 0. The molecule has 2 aliphatic rings. The molecule has 240 valence electrons. The average molecular weight is 661 g/mol. The van der Waals surface area contributed by atoms with Crippen LogP contribution < -0.4 is 0 Å². The molecule has 7 aromatic carbocycles. The summed E-state index contributed by atoms with van der Waals surface area (Å²) in [5, 5.41) is 23.3.